The average Bonchev–Trinajstić information content (AvgIpc) is 2.85. The molecule has 104 valence electrons. The summed E-state index contributed by atoms with van der Waals surface area (Å²) in [7, 11) is 0. The van der Waals surface area contributed by atoms with Gasteiger partial charge in [-0.25, -0.2) is 4.79 Å². The third kappa shape index (κ3) is 4.25. The fourth-order valence-electron chi connectivity index (χ4n) is 2.59. The van der Waals surface area contributed by atoms with E-state index in [1.165, 1.54) is 25.0 Å². The maximum atomic E-state index is 10.9. The van der Waals surface area contributed by atoms with E-state index in [9.17, 15) is 4.79 Å². The van der Waals surface area contributed by atoms with Gasteiger partial charge >= 0.3 is 5.97 Å². The van der Waals surface area contributed by atoms with Crippen LogP contribution in [0.5, 0.6) is 0 Å². The normalized spacial score (nSPS) is 22.6. The quantitative estimate of drug-likeness (QED) is 0.840. The molecule has 1 fully saturated rings. The second kappa shape index (κ2) is 6.96. The van der Waals surface area contributed by atoms with Crippen molar-refractivity contribution in [1.82, 2.24) is 5.32 Å². The molecule has 1 aromatic rings. The lowest BCUT2D eigenvalue weighted by molar-refractivity contribution is 0.0696. The first kappa shape index (κ1) is 14.4. The molecule has 0 radical (unpaired) electrons. The Hall–Kier alpha value is -1.00. The number of thioether (sulfide) groups is 1. The molecule has 2 N–H and O–H groups in total. The van der Waals surface area contributed by atoms with Crippen LogP contribution in [0.25, 0.3) is 0 Å². The Morgan fingerprint density at radius 3 is 3.05 bits per heavy atom. The van der Waals surface area contributed by atoms with Crippen LogP contribution in [0, 0.1) is 0 Å². The van der Waals surface area contributed by atoms with Crippen molar-refractivity contribution >= 4 is 17.7 Å². The molecule has 1 aliphatic rings. The molecule has 0 saturated heterocycles. The lowest BCUT2D eigenvalue weighted by atomic mass is 10.1. The van der Waals surface area contributed by atoms with Crippen LogP contribution in [0.15, 0.2) is 24.3 Å². The van der Waals surface area contributed by atoms with Crippen molar-refractivity contribution in [3.05, 3.63) is 35.4 Å². The van der Waals surface area contributed by atoms with Gasteiger partial charge in [-0.3, -0.25) is 0 Å². The summed E-state index contributed by atoms with van der Waals surface area (Å²) in [6.07, 6.45) is 3.76. The van der Waals surface area contributed by atoms with Crippen LogP contribution >= 0.6 is 11.8 Å². The van der Waals surface area contributed by atoms with Crippen molar-refractivity contribution in [2.45, 2.75) is 44.0 Å². The first-order valence-corrected chi connectivity index (χ1v) is 7.91. The minimum absolute atomic E-state index is 0.366. The molecule has 1 saturated carbocycles. The van der Waals surface area contributed by atoms with E-state index in [2.05, 4.69) is 24.0 Å². The molecule has 4 heteroatoms. The Balaban J connectivity index is 1.83. The second-order valence-corrected chi connectivity index (χ2v) is 6.55. The van der Waals surface area contributed by atoms with E-state index in [4.69, 9.17) is 5.11 Å². The summed E-state index contributed by atoms with van der Waals surface area (Å²) >= 11 is 2.05. The minimum atomic E-state index is -0.859. The molecule has 1 aromatic carbocycles. The molecule has 19 heavy (non-hydrogen) atoms. The Bertz CT molecular complexity index is 436. The van der Waals surface area contributed by atoms with E-state index in [-0.39, 0.29) is 0 Å². The summed E-state index contributed by atoms with van der Waals surface area (Å²) in [5.41, 5.74) is 1.41. The van der Waals surface area contributed by atoms with Crippen LogP contribution in [0.4, 0.5) is 0 Å². The summed E-state index contributed by atoms with van der Waals surface area (Å²) in [6.45, 7) is 2.97. The summed E-state index contributed by atoms with van der Waals surface area (Å²) in [6, 6.07) is 7.76. The summed E-state index contributed by atoms with van der Waals surface area (Å²) in [4.78, 5) is 10.9. The highest BCUT2D eigenvalue weighted by Gasteiger charge is 2.23. The Kier molecular flexibility index (Phi) is 5.28. The highest BCUT2D eigenvalue weighted by atomic mass is 32.2. The van der Waals surface area contributed by atoms with E-state index < -0.39 is 5.97 Å². The van der Waals surface area contributed by atoms with Gasteiger partial charge in [-0.15, -0.1) is 0 Å². The lowest BCUT2D eigenvalue weighted by Crippen LogP contribution is -2.26. The van der Waals surface area contributed by atoms with Gasteiger partial charge in [0.15, 0.2) is 0 Å². The molecular weight excluding hydrogens is 258 g/mol. The highest BCUT2D eigenvalue weighted by molar-refractivity contribution is 7.99. The summed E-state index contributed by atoms with van der Waals surface area (Å²) < 4.78 is 0. The van der Waals surface area contributed by atoms with E-state index in [0.29, 0.717) is 11.6 Å². The largest absolute Gasteiger partial charge is 0.478 e. The maximum Gasteiger partial charge on any atom is 0.335 e. The standard InChI is InChI=1S/C15H21NO2S/c1-2-19-14-7-6-13(9-14)16-10-11-4-3-5-12(8-11)15(17)18/h3-5,8,13-14,16H,2,6-7,9-10H2,1H3,(H,17,18). The van der Waals surface area contributed by atoms with Crippen molar-refractivity contribution in [2.24, 2.45) is 0 Å². The number of nitrogens with one attached hydrogen (secondary N) is 1. The predicted molar refractivity (Wildman–Crippen MR) is 79.8 cm³/mol. The molecular formula is C15H21NO2S. The Morgan fingerprint density at radius 2 is 2.32 bits per heavy atom. The van der Waals surface area contributed by atoms with Crippen LogP contribution in [-0.2, 0) is 6.54 Å². The number of benzene rings is 1. The van der Waals surface area contributed by atoms with Gasteiger partial charge < -0.3 is 10.4 Å². The Morgan fingerprint density at radius 1 is 1.47 bits per heavy atom. The molecule has 2 rings (SSSR count). The fourth-order valence-corrected chi connectivity index (χ4v) is 3.73. The maximum absolute atomic E-state index is 10.9. The molecule has 0 heterocycles. The van der Waals surface area contributed by atoms with Gasteiger partial charge in [0.1, 0.15) is 0 Å². The zero-order valence-electron chi connectivity index (χ0n) is 11.3. The third-order valence-corrected chi connectivity index (χ3v) is 4.79. The topological polar surface area (TPSA) is 49.3 Å². The van der Waals surface area contributed by atoms with Gasteiger partial charge in [0.05, 0.1) is 5.56 Å². The number of aromatic carboxylic acids is 1. The third-order valence-electron chi connectivity index (χ3n) is 3.56. The second-order valence-electron chi connectivity index (χ2n) is 4.97. The van der Waals surface area contributed by atoms with Crippen LogP contribution in [0.3, 0.4) is 0 Å². The van der Waals surface area contributed by atoms with Gasteiger partial charge in [0.25, 0.3) is 0 Å². The summed E-state index contributed by atoms with van der Waals surface area (Å²) in [5.74, 6) is 0.333. The van der Waals surface area contributed by atoms with Crippen molar-refractivity contribution in [2.75, 3.05) is 5.75 Å². The molecule has 0 aromatic heterocycles. The predicted octanol–water partition coefficient (Wildman–Crippen LogP) is 3.15. The number of carboxylic acid groups (broad SMARTS) is 1. The first-order chi connectivity index (χ1) is 9.19. The molecule has 0 bridgehead atoms. The van der Waals surface area contributed by atoms with Crippen molar-refractivity contribution < 1.29 is 9.90 Å². The average molecular weight is 279 g/mol. The first-order valence-electron chi connectivity index (χ1n) is 6.86. The Labute approximate surface area is 118 Å². The number of carbonyl (C=O) groups is 1. The number of carboxylic acids is 1. The molecule has 0 spiro atoms. The zero-order valence-corrected chi connectivity index (χ0v) is 12.1. The number of hydrogen-bond acceptors (Lipinski definition) is 3. The SMILES string of the molecule is CCSC1CCC(NCc2cccc(C(=O)O)c2)C1. The molecule has 3 nitrogen and oxygen atoms in total. The zero-order chi connectivity index (χ0) is 13.7. The smallest absolute Gasteiger partial charge is 0.335 e. The van der Waals surface area contributed by atoms with Crippen LogP contribution < -0.4 is 5.32 Å². The minimum Gasteiger partial charge on any atom is -0.478 e. The van der Waals surface area contributed by atoms with Gasteiger partial charge in [0.2, 0.25) is 0 Å². The van der Waals surface area contributed by atoms with Crippen LogP contribution in [0.2, 0.25) is 0 Å². The molecule has 0 aliphatic heterocycles. The van der Waals surface area contributed by atoms with E-state index in [1.54, 1.807) is 12.1 Å². The van der Waals surface area contributed by atoms with E-state index in [0.717, 1.165) is 17.4 Å². The van der Waals surface area contributed by atoms with Crippen molar-refractivity contribution in [1.29, 1.82) is 0 Å². The number of hydrogen-bond donors (Lipinski definition) is 2. The van der Waals surface area contributed by atoms with E-state index in [1.807, 2.05) is 12.1 Å². The van der Waals surface area contributed by atoms with Gasteiger partial charge in [-0.05, 0) is 42.7 Å². The number of rotatable bonds is 6. The van der Waals surface area contributed by atoms with Gasteiger partial charge in [-0.2, -0.15) is 11.8 Å². The molecule has 2 atom stereocenters. The molecule has 2 unspecified atom stereocenters. The van der Waals surface area contributed by atoms with Gasteiger partial charge in [0, 0.05) is 17.8 Å². The summed E-state index contributed by atoms with van der Waals surface area (Å²) in [5, 5.41) is 13.3. The monoisotopic (exact) mass is 279 g/mol. The highest BCUT2D eigenvalue weighted by Crippen LogP contribution is 2.29. The molecule has 1 aliphatic carbocycles. The van der Waals surface area contributed by atoms with E-state index >= 15 is 0 Å². The van der Waals surface area contributed by atoms with Crippen molar-refractivity contribution in [3.8, 4) is 0 Å². The lowest BCUT2D eigenvalue weighted by Gasteiger charge is -2.13. The van der Waals surface area contributed by atoms with Gasteiger partial charge in [-0.1, -0.05) is 19.1 Å². The fraction of sp³-hybridized carbons (Fsp3) is 0.533. The van der Waals surface area contributed by atoms with Crippen molar-refractivity contribution in [3.63, 3.8) is 0 Å². The van der Waals surface area contributed by atoms with Crippen LogP contribution in [-0.4, -0.2) is 28.1 Å². The van der Waals surface area contributed by atoms with Crippen LogP contribution in [0.1, 0.15) is 42.1 Å². The molecule has 0 amide bonds.